The van der Waals surface area contributed by atoms with E-state index in [4.69, 9.17) is 9.40 Å². The molecule has 0 radical (unpaired) electrons. The van der Waals surface area contributed by atoms with Crippen molar-refractivity contribution in [2.24, 2.45) is 11.3 Å². The van der Waals surface area contributed by atoms with Crippen LogP contribution in [0.4, 0.5) is 0 Å². The highest BCUT2D eigenvalue weighted by Gasteiger charge is 2.33. The predicted octanol–water partition coefficient (Wildman–Crippen LogP) is 6.90. The van der Waals surface area contributed by atoms with E-state index < -0.39 is 23.3 Å². The van der Waals surface area contributed by atoms with E-state index in [9.17, 15) is 14.7 Å². The average Bonchev–Trinajstić information content (AvgIpc) is 3.42. The molecule has 2 aromatic heterocycles. The van der Waals surface area contributed by atoms with Gasteiger partial charge in [-0.15, -0.1) is 0 Å². The number of benzene rings is 1. The van der Waals surface area contributed by atoms with Crippen LogP contribution in [0.15, 0.2) is 65.5 Å². The number of hydrogen-bond donors (Lipinski definition) is 2. The molecule has 0 fully saturated rings. The van der Waals surface area contributed by atoms with Crippen molar-refractivity contribution in [1.82, 2.24) is 10.3 Å². The molecule has 3 aromatic rings. The van der Waals surface area contributed by atoms with Crippen LogP contribution in [0, 0.1) is 11.3 Å². The van der Waals surface area contributed by atoms with Crippen molar-refractivity contribution < 1.29 is 19.1 Å². The van der Waals surface area contributed by atoms with E-state index in [0.717, 1.165) is 53.0 Å². The quantitative estimate of drug-likeness (QED) is 0.266. The molecule has 1 aliphatic carbocycles. The maximum atomic E-state index is 13.7. The van der Waals surface area contributed by atoms with E-state index in [0.29, 0.717) is 5.92 Å². The molecule has 0 bridgehead atoms. The molecule has 6 heteroatoms. The van der Waals surface area contributed by atoms with Crippen molar-refractivity contribution in [2.75, 3.05) is 0 Å². The SMILES string of the molecule is CCCC(CC)Cc1nc(C(=O)N[C@H](C(=O)O)C(C)(C)C)cc2c1=CC(c1ccc(C(C)(C)C)cc1)C=CC=2c1ccoc1. The third kappa shape index (κ3) is 7.58. The monoisotopic (exact) mass is 596 g/mol. The molecular weight excluding hydrogens is 548 g/mol. The smallest absolute Gasteiger partial charge is 0.326 e. The van der Waals surface area contributed by atoms with Crippen molar-refractivity contribution >= 4 is 23.5 Å². The predicted molar refractivity (Wildman–Crippen MR) is 177 cm³/mol. The first-order valence-electron chi connectivity index (χ1n) is 15.8. The van der Waals surface area contributed by atoms with Crippen molar-refractivity contribution in [2.45, 2.75) is 98.4 Å². The van der Waals surface area contributed by atoms with Gasteiger partial charge in [0.25, 0.3) is 5.91 Å². The first-order chi connectivity index (χ1) is 20.7. The molecule has 4 rings (SSSR count). The summed E-state index contributed by atoms with van der Waals surface area (Å²) >= 11 is 0. The fourth-order valence-corrected chi connectivity index (χ4v) is 5.88. The number of aliphatic carboxylic acids is 1. The van der Waals surface area contributed by atoms with Gasteiger partial charge in [-0.05, 0) is 57.2 Å². The molecule has 3 atom stereocenters. The Balaban J connectivity index is 1.96. The molecule has 234 valence electrons. The lowest BCUT2D eigenvalue weighted by Gasteiger charge is -2.27. The standard InChI is InChI=1S/C38H48N2O4/c1-9-11-24(10-2)20-32-31-21-26(25-12-15-28(16-13-25)37(3,4)5)14-17-29(27-18-19-44-23-27)30(31)22-33(39-32)35(41)40-34(36(42)43)38(6,7)8/h12-19,21-24,26,34H,9-11,20H2,1-8H3,(H,40,41)(H,42,43)/t24?,26?,34-/m1/s1. The number of amides is 1. The summed E-state index contributed by atoms with van der Waals surface area (Å²) in [5.41, 5.74) is 4.76. The van der Waals surface area contributed by atoms with E-state index >= 15 is 0 Å². The van der Waals surface area contributed by atoms with Crippen LogP contribution >= 0.6 is 0 Å². The number of rotatable bonds is 10. The fourth-order valence-electron chi connectivity index (χ4n) is 5.88. The summed E-state index contributed by atoms with van der Waals surface area (Å²) in [4.78, 5) is 30.8. The van der Waals surface area contributed by atoms with Gasteiger partial charge < -0.3 is 14.8 Å². The number of hydrogen-bond acceptors (Lipinski definition) is 4. The van der Waals surface area contributed by atoms with Crippen LogP contribution in [0.1, 0.15) is 113 Å². The number of carbonyl (C=O) groups excluding carboxylic acids is 1. The van der Waals surface area contributed by atoms with Gasteiger partial charge in [0, 0.05) is 22.4 Å². The Hall–Kier alpha value is -3.93. The molecular formula is C38H48N2O4. The molecule has 0 saturated heterocycles. The zero-order valence-electron chi connectivity index (χ0n) is 27.5. The zero-order valence-corrected chi connectivity index (χ0v) is 27.5. The Morgan fingerprint density at radius 3 is 2.30 bits per heavy atom. The highest BCUT2D eigenvalue weighted by atomic mass is 16.4. The summed E-state index contributed by atoms with van der Waals surface area (Å²) in [6.07, 6.45) is 13.8. The van der Waals surface area contributed by atoms with Crippen molar-refractivity contribution in [3.63, 3.8) is 0 Å². The minimum absolute atomic E-state index is 0.00377. The lowest BCUT2D eigenvalue weighted by Crippen LogP contribution is -2.49. The molecule has 1 aromatic carbocycles. The number of fused-ring (bicyclic) bond motifs is 1. The molecule has 0 aliphatic heterocycles. The number of allylic oxidation sites excluding steroid dienone is 2. The van der Waals surface area contributed by atoms with Crippen LogP contribution in [0.25, 0.3) is 11.6 Å². The normalized spacial score (nSPS) is 16.5. The van der Waals surface area contributed by atoms with Crippen LogP contribution in [0.3, 0.4) is 0 Å². The van der Waals surface area contributed by atoms with Gasteiger partial charge in [-0.2, -0.15) is 0 Å². The summed E-state index contributed by atoms with van der Waals surface area (Å²) in [6, 6.07) is 11.5. The van der Waals surface area contributed by atoms with E-state index in [1.807, 2.05) is 12.1 Å². The Morgan fingerprint density at radius 2 is 1.75 bits per heavy atom. The van der Waals surface area contributed by atoms with Crippen molar-refractivity contribution in [1.29, 1.82) is 0 Å². The molecule has 2 unspecified atom stereocenters. The van der Waals surface area contributed by atoms with Gasteiger partial charge in [0.05, 0.1) is 12.5 Å². The molecule has 44 heavy (non-hydrogen) atoms. The van der Waals surface area contributed by atoms with E-state index in [1.54, 1.807) is 33.3 Å². The second-order valence-corrected chi connectivity index (χ2v) is 14.1. The van der Waals surface area contributed by atoms with Gasteiger partial charge in [0.1, 0.15) is 11.7 Å². The van der Waals surface area contributed by atoms with Crippen LogP contribution in [-0.2, 0) is 16.6 Å². The number of nitrogens with one attached hydrogen (secondary N) is 1. The second kappa shape index (κ2) is 13.4. The first-order valence-corrected chi connectivity index (χ1v) is 15.8. The number of furan rings is 1. The van der Waals surface area contributed by atoms with Gasteiger partial charge in [-0.1, -0.05) is 117 Å². The average molecular weight is 597 g/mol. The number of carbonyl (C=O) groups is 2. The Kier molecular flexibility index (Phi) is 10.0. The number of carboxylic acids is 1. The third-order valence-corrected chi connectivity index (χ3v) is 8.62. The summed E-state index contributed by atoms with van der Waals surface area (Å²) in [7, 11) is 0. The van der Waals surface area contributed by atoms with Gasteiger partial charge in [0.2, 0.25) is 0 Å². The van der Waals surface area contributed by atoms with Crippen LogP contribution in [0.5, 0.6) is 0 Å². The molecule has 1 amide bonds. The van der Waals surface area contributed by atoms with E-state index in [1.165, 1.54) is 11.1 Å². The summed E-state index contributed by atoms with van der Waals surface area (Å²) < 4.78 is 5.49. The van der Waals surface area contributed by atoms with Crippen LogP contribution in [-0.4, -0.2) is 28.0 Å². The Morgan fingerprint density at radius 1 is 1.05 bits per heavy atom. The molecule has 0 spiro atoms. The van der Waals surface area contributed by atoms with Crippen LogP contribution in [0.2, 0.25) is 0 Å². The number of nitrogens with zero attached hydrogens (tertiary/aromatic N) is 1. The third-order valence-electron chi connectivity index (χ3n) is 8.62. The second-order valence-electron chi connectivity index (χ2n) is 14.1. The maximum Gasteiger partial charge on any atom is 0.326 e. The highest BCUT2D eigenvalue weighted by molar-refractivity contribution is 5.95. The molecule has 2 heterocycles. The zero-order chi connectivity index (χ0) is 32.2. The number of pyridine rings is 1. The summed E-state index contributed by atoms with van der Waals surface area (Å²) in [5, 5.41) is 14.6. The van der Waals surface area contributed by atoms with Gasteiger partial charge in [-0.3, -0.25) is 4.79 Å². The first kappa shape index (κ1) is 33.0. The molecule has 2 N–H and O–H groups in total. The Labute approximate surface area is 262 Å². The lowest BCUT2D eigenvalue weighted by atomic mass is 9.85. The number of aromatic nitrogens is 1. The number of carboxylic acid groups (broad SMARTS) is 1. The topological polar surface area (TPSA) is 92.4 Å². The minimum Gasteiger partial charge on any atom is -0.480 e. The van der Waals surface area contributed by atoms with E-state index in [-0.39, 0.29) is 17.0 Å². The Bertz CT molecular complexity index is 1620. The van der Waals surface area contributed by atoms with Crippen molar-refractivity contribution in [3.05, 3.63) is 99.6 Å². The van der Waals surface area contributed by atoms with Crippen LogP contribution < -0.4 is 15.8 Å². The summed E-state index contributed by atoms with van der Waals surface area (Å²) in [6.45, 7) is 16.4. The largest absolute Gasteiger partial charge is 0.480 e. The molecule has 1 aliphatic rings. The molecule has 6 nitrogen and oxygen atoms in total. The summed E-state index contributed by atoms with van der Waals surface area (Å²) in [5.74, 6) is -1.16. The van der Waals surface area contributed by atoms with Gasteiger partial charge >= 0.3 is 5.97 Å². The maximum absolute atomic E-state index is 13.7. The van der Waals surface area contributed by atoms with Gasteiger partial charge in [0.15, 0.2) is 0 Å². The van der Waals surface area contributed by atoms with Crippen molar-refractivity contribution in [3.8, 4) is 0 Å². The highest BCUT2D eigenvalue weighted by Crippen LogP contribution is 2.28. The minimum atomic E-state index is -1.07. The lowest BCUT2D eigenvalue weighted by molar-refractivity contribution is -0.142. The molecule has 0 saturated carbocycles. The fraction of sp³-hybridized carbons (Fsp3) is 0.447. The van der Waals surface area contributed by atoms with Gasteiger partial charge in [-0.25, -0.2) is 9.78 Å². The van der Waals surface area contributed by atoms with E-state index in [2.05, 4.69) is 82.4 Å².